The molecular weight excluding hydrogens is 232 g/mol. The fraction of sp³-hybridized carbons (Fsp3) is 0.846. The minimum atomic E-state index is -0.337. The van der Waals surface area contributed by atoms with Gasteiger partial charge in [-0.05, 0) is 25.7 Å². The van der Waals surface area contributed by atoms with Gasteiger partial charge in [-0.1, -0.05) is 13.8 Å². The molecule has 1 amide bonds. The Labute approximate surface area is 109 Å². The molecule has 0 aromatic heterocycles. The van der Waals surface area contributed by atoms with Crippen molar-refractivity contribution in [3.05, 3.63) is 0 Å². The van der Waals surface area contributed by atoms with Gasteiger partial charge in [0.05, 0.1) is 6.61 Å². The van der Waals surface area contributed by atoms with Crippen LogP contribution in [0.15, 0.2) is 0 Å². The van der Waals surface area contributed by atoms with E-state index in [2.05, 4.69) is 0 Å². The summed E-state index contributed by atoms with van der Waals surface area (Å²) in [6.45, 7) is 6.14. The molecule has 0 spiro atoms. The summed E-state index contributed by atoms with van der Waals surface area (Å²) in [5, 5.41) is 0. The first-order valence-corrected chi connectivity index (χ1v) is 6.66. The van der Waals surface area contributed by atoms with Gasteiger partial charge in [0, 0.05) is 18.5 Å². The second-order valence-electron chi connectivity index (χ2n) is 5.17. The third kappa shape index (κ3) is 4.64. The highest BCUT2D eigenvalue weighted by atomic mass is 16.5. The number of hydrogen-bond donors (Lipinski definition) is 1. The van der Waals surface area contributed by atoms with Crippen molar-refractivity contribution in [2.24, 2.45) is 11.7 Å². The third-order valence-electron chi connectivity index (χ3n) is 3.18. The smallest absolute Gasteiger partial charge is 0.325 e. The van der Waals surface area contributed by atoms with E-state index in [9.17, 15) is 9.59 Å². The summed E-state index contributed by atoms with van der Waals surface area (Å²) < 4.78 is 4.89. The Morgan fingerprint density at radius 2 is 2.00 bits per heavy atom. The summed E-state index contributed by atoms with van der Waals surface area (Å²) in [6.07, 6.45) is 2.25. The maximum atomic E-state index is 12.1. The van der Waals surface area contributed by atoms with E-state index in [0.717, 1.165) is 12.8 Å². The minimum absolute atomic E-state index is 0.0354. The van der Waals surface area contributed by atoms with E-state index in [1.54, 1.807) is 11.8 Å². The van der Waals surface area contributed by atoms with Crippen LogP contribution in [0.2, 0.25) is 0 Å². The second kappa shape index (κ2) is 6.73. The maximum absolute atomic E-state index is 12.1. The highest BCUT2D eigenvalue weighted by Crippen LogP contribution is 2.27. The van der Waals surface area contributed by atoms with Crippen LogP contribution < -0.4 is 5.73 Å². The zero-order chi connectivity index (χ0) is 13.7. The van der Waals surface area contributed by atoms with Gasteiger partial charge in [-0.25, -0.2) is 0 Å². The van der Waals surface area contributed by atoms with E-state index < -0.39 is 0 Å². The van der Waals surface area contributed by atoms with Gasteiger partial charge in [-0.2, -0.15) is 0 Å². The number of amides is 1. The molecule has 0 aromatic carbocycles. The van der Waals surface area contributed by atoms with Crippen molar-refractivity contribution in [1.82, 2.24) is 4.90 Å². The van der Waals surface area contributed by atoms with E-state index in [4.69, 9.17) is 10.5 Å². The van der Waals surface area contributed by atoms with Crippen LogP contribution in [-0.4, -0.2) is 42.0 Å². The lowest BCUT2D eigenvalue weighted by Crippen LogP contribution is -2.42. The average Bonchev–Trinajstić information content (AvgIpc) is 3.09. The maximum Gasteiger partial charge on any atom is 0.325 e. The summed E-state index contributed by atoms with van der Waals surface area (Å²) in [5.41, 5.74) is 5.90. The standard InChI is InChI=1S/C13H24N2O3/c1-4-18-13(17)8-15(10-5-6-10)12(16)7-11(14)9(2)3/h9-11H,4-8,14H2,1-3H3. The third-order valence-corrected chi connectivity index (χ3v) is 3.18. The van der Waals surface area contributed by atoms with Crippen molar-refractivity contribution in [2.45, 2.75) is 52.1 Å². The molecule has 0 heterocycles. The summed E-state index contributed by atoms with van der Waals surface area (Å²) in [5.74, 6) is -0.111. The Kier molecular flexibility index (Phi) is 5.59. The molecule has 104 valence electrons. The van der Waals surface area contributed by atoms with Crippen LogP contribution in [-0.2, 0) is 14.3 Å². The van der Waals surface area contributed by atoms with Crippen LogP contribution in [0.4, 0.5) is 0 Å². The molecule has 1 fully saturated rings. The first-order valence-electron chi connectivity index (χ1n) is 6.66. The van der Waals surface area contributed by atoms with Gasteiger partial charge >= 0.3 is 5.97 Å². The van der Waals surface area contributed by atoms with Crippen LogP contribution in [0, 0.1) is 5.92 Å². The SMILES string of the molecule is CCOC(=O)CN(C(=O)CC(N)C(C)C)C1CC1. The molecule has 1 aliphatic rings. The van der Waals surface area contributed by atoms with Crippen LogP contribution in [0.1, 0.15) is 40.0 Å². The first kappa shape index (κ1) is 15.0. The molecule has 0 aliphatic heterocycles. The number of rotatable bonds is 7. The Hall–Kier alpha value is -1.10. The van der Waals surface area contributed by atoms with Gasteiger partial charge in [0.1, 0.15) is 6.54 Å². The van der Waals surface area contributed by atoms with Crippen molar-refractivity contribution in [3.63, 3.8) is 0 Å². The number of carbonyl (C=O) groups is 2. The lowest BCUT2D eigenvalue weighted by Gasteiger charge is -2.24. The van der Waals surface area contributed by atoms with E-state index in [0.29, 0.717) is 13.0 Å². The normalized spacial score (nSPS) is 16.5. The van der Waals surface area contributed by atoms with Gasteiger partial charge in [0.15, 0.2) is 0 Å². The Morgan fingerprint density at radius 1 is 1.39 bits per heavy atom. The molecule has 0 aromatic rings. The van der Waals surface area contributed by atoms with Gasteiger partial charge < -0.3 is 15.4 Å². The summed E-state index contributed by atoms with van der Waals surface area (Å²) in [7, 11) is 0. The van der Waals surface area contributed by atoms with Gasteiger partial charge in [0.25, 0.3) is 0 Å². The highest BCUT2D eigenvalue weighted by molar-refractivity contribution is 5.83. The Morgan fingerprint density at radius 3 is 2.44 bits per heavy atom. The molecule has 1 atom stereocenters. The Balaban J connectivity index is 2.50. The molecule has 2 N–H and O–H groups in total. The van der Waals surface area contributed by atoms with Gasteiger partial charge in [-0.3, -0.25) is 9.59 Å². The summed E-state index contributed by atoms with van der Waals surface area (Å²) in [6, 6.07) is 0.0576. The van der Waals surface area contributed by atoms with Gasteiger partial charge in [0.2, 0.25) is 5.91 Å². The number of nitrogens with zero attached hydrogens (tertiary/aromatic N) is 1. The van der Waals surface area contributed by atoms with Crippen LogP contribution in [0.3, 0.4) is 0 Å². The largest absolute Gasteiger partial charge is 0.465 e. The number of hydrogen-bond acceptors (Lipinski definition) is 4. The minimum Gasteiger partial charge on any atom is -0.465 e. The molecular formula is C13H24N2O3. The fourth-order valence-electron chi connectivity index (χ4n) is 1.71. The predicted octanol–water partition coefficient (Wildman–Crippen LogP) is 0.914. The quantitative estimate of drug-likeness (QED) is 0.687. The number of esters is 1. The number of nitrogens with two attached hydrogens (primary N) is 1. The van der Waals surface area contributed by atoms with Crippen LogP contribution in [0.25, 0.3) is 0 Å². The van der Waals surface area contributed by atoms with E-state index in [1.807, 2.05) is 13.8 Å². The molecule has 5 heteroatoms. The first-order chi connectivity index (χ1) is 8.45. The Bertz CT molecular complexity index is 301. The summed E-state index contributed by atoms with van der Waals surface area (Å²) >= 11 is 0. The lowest BCUT2D eigenvalue weighted by atomic mass is 10.0. The number of carbonyl (C=O) groups excluding carboxylic acids is 2. The van der Waals surface area contributed by atoms with Crippen molar-refractivity contribution in [1.29, 1.82) is 0 Å². The van der Waals surface area contributed by atoms with Gasteiger partial charge in [-0.15, -0.1) is 0 Å². The van der Waals surface area contributed by atoms with E-state index in [-0.39, 0.29) is 36.4 Å². The summed E-state index contributed by atoms with van der Waals surface area (Å²) in [4.78, 5) is 25.2. The van der Waals surface area contributed by atoms with Crippen molar-refractivity contribution in [3.8, 4) is 0 Å². The number of ether oxygens (including phenoxy) is 1. The highest BCUT2D eigenvalue weighted by Gasteiger charge is 2.34. The fourth-order valence-corrected chi connectivity index (χ4v) is 1.71. The van der Waals surface area contributed by atoms with Crippen LogP contribution >= 0.6 is 0 Å². The molecule has 1 unspecified atom stereocenters. The molecule has 0 bridgehead atoms. The topological polar surface area (TPSA) is 72.6 Å². The van der Waals surface area contributed by atoms with E-state index in [1.165, 1.54) is 0 Å². The molecule has 1 aliphatic carbocycles. The monoisotopic (exact) mass is 256 g/mol. The average molecular weight is 256 g/mol. The van der Waals surface area contributed by atoms with Crippen molar-refractivity contribution in [2.75, 3.05) is 13.2 Å². The molecule has 1 saturated carbocycles. The molecule has 5 nitrogen and oxygen atoms in total. The molecule has 1 rings (SSSR count). The zero-order valence-corrected chi connectivity index (χ0v) is 11.5. The second-order valence-corrected chi connectivity index (χ2v) is 5.17. The van der Waals surface area contributed by atoms with Crippen molar-refractivity contribution < 1.29 is 14.3 Å². The molecule has 0 saturated heterocycles. The lowest BCUT2D eigenvalue weighted by molar-refractivity contribution is -0.149. The molecule has 0 radical (unpaired) electrons. The van der Waals surface area contributed by atoms with Crippen molar-refractivity contribution >= 4 is 11.9 Å². The molecule has 18 heavy (non-hydrogen) atoms. The van der Waals surface area contributed by atoms with Crippen LogP contribution in [0.5, 0.6) is 0 Å². The predicted molar refractivity (Wildman–Crippen MR) is 68.8 cm³/mol. The zero-order valence-electron chi connectivity index (χ0n) is 11.5. The van der Waals surface area contributed by atoms with E-state index >= 15 is 0 Å².